The molecule has 0 unspecified atom stereocenters. The number of piperidine rings is 1. The molecule has 2 aromatic heterocycles. The van der Waals surface area contributed by atoms with Gasteiger partial charge >= 0.3 is 0 Å². The number of hydrogen-bond acceptors (Lipinski definition) is 7. The van der Waals surface area contributed by atoms with Gasteiger partial charge in [-0.05, 0) is 48.9 Å². The second-order valence-electron chi connectivity index (χ2n) is 8.04. The highest BCUT2D eigenvalue weighted by Crippen LogP contribution is 2.30. The van der Waals surface area contributed by atoms with Crippen molar-refractivity contribution in [2.45, 2.75) is 30.9 Å². The summed E-state index contributed by atoms with van der Waals surface area (Å²) < 4.78 is 40.1. The van der Waals surface area contributed by atoms with Gasteiger partial charge in [-0.15, -0.1) is 0 Å². The first kappa shape index (κ1) is 21.3. The van der Waals surface area contributed by atoms with Crippen molar-refractivity contribution in [3.05, 3.63) is 72.4 Å². The Morgan fingerprint density at radius 1 is 1.06 bits per heavy atom. The van der Waals surface area contributed by atoms with Crippen LogP contribution < -0.4 is 14.4 Å². The fourth-order valence-electron chi connectivity index (χ4n) is 3.86. The summed E-state index contributed by atoms with van der Waals surface area (Å²) in [6.07, 6.45) is 2.93. The van der Waals surface area contributed by atoms with Crippen LogP contribution in [0.4, 0.5) is 11.7 Å². The third-order valence-corrected chi connectivity index (χ3v) is 6.86. The third-order valence-electron chi connectivity index (χ3n) is 5.58. The topological polar surface area (TPSA) is 97.6 Å². The minimum Gasteiger partial charge on any atom is -0.488 e. The van der Waals surface area contributed by atoms with Crippen LogP contribution >= 0.6 is 0 Å². The predicted octanol–water partition coefficient (Wildman–Crippen LogP) is 4.38. The minimum absolute atomic E-state index is 0.0401. The number of ether oxygens (including phenoxy) is 1. The van der Waals surface area contributed by atoms with Crippen molar-refractivity contribution < 1.29 is 17.6 Å². The molecule has 4 aromatic rings. The highest BCUT2D eigenvalue weighted by Gasteiger charge is 2.25. The number of anilines is 2. The summed E-state index contributed by atoms with van der Waals surface area (Å²) in [4.78, 5) is 10.7. The number of hydrogen-bond donors (Lipinski definition) is 1. The van der Waals surface area contributed by atoms with Crippen LogP contribution in [0.5, 0.6) is 5.75 Å². The van der Waals surface area contributed by atoms with Crippen molar-refractivity contribution in [1.82, 2.24) is 9.97 Å². The number of fused-ring (bicyclic) bond motifs is 1. The number of rotatable bonds is 6. The first-order valence-electron chi connectivity index (χ1n) is 10.8. The summed E-state index contributed by atoms with van der Waals surface area (Å²) in [5, 5.41) is -0.0401. The average molecular weight is 465 g/mol. The van der Waals surface area contributed by atoms with Crippen molar-refractivity contribution in [2.75, 3.05) is 22.7 Å². The molecule has 1 N–H and O–H groups in total. The molecule has 1 saturated heterocycles. The van der Waals surface area contributed by atoms with Gasteiger partial charge in [-0.3, -0.25) is 4.72 Å². The Kier molecular flexibility index (Phi) is 5.63. The van der Waals surface area contributed by atoms with Gasteiger partial charge in [-0.2, -0.15) is 13.4 Å². The summed E-state index contributed by atoms with van der Waals surface area (Å²) in [6.45, 7) is 3.50. The molecule has 0 radical (unpaired) electrons. The molecule has 33 heavy (non-hydrogen) atoms. The molecule has 0 aliphatic carbocycles. The molecule has 1 fully saturated rings. The molecule has 1 aliphatic heterocycles. The van der Waals surface area contributed by atoms with Gasteiger partial charge in [0, 0.05) is 32.1 Å². The molecule has 2 aromatic carbocycles. The van der Waals surface area contributed by atoms with Crippen LogP contribution in [0.2, 0.25) is 0 Å². The maximum absolute atomic E-state index is 12.7. The van der Waals surface area contributed by atoms with E-state index in [1.165, 1.54) is 12.3 Å². The molecule has 0 saturated carbocycles. The lowest BCUT2D eigenvalue weighted by Gasteiger charge is -2.31. The Labute approximate surface area is 192 Å². The monoisotopic (exact) mass is 464 g/mol. The standard InChI is InChI=1S/C24H24N4O4S/c1-17-9-10-19-22(16-17)32-24(26-19)28-14-11-18(12-15-28)31-21-7-3-2-6-20(21)27-33(29,30)23-8-4-5-13-25-23/h2-10,13,16,18,27H,11-12,14-15H2,1H3. The molecular formula is C24H24N4O4S. The molecule has 3 heterocycles. The second-order valence-corrected chi connectivity index (χ2v) is 9.67. The van der Waals surface area contributed by atoms with Gasteiger partial charge in [0.05, 0.1) is 5.69 Å². The van der Waals surface area contributed by atoms with E-state index in [9.17, 15) is 8.42 Å². The third kappa shape index (κ3) is 4.63. The number of para-hydroxylation sites is 2. The van der Waals surface area contributed by atoms with E-state index >= 15 is 0 Å². The minimum atomic E-state index is -3.81. The van der Waals surface area contributed by atoms with E-state index in [4.69, 9.17) is 9.15 Å². The van der Waals surface area contributed by atoms with E-state index in [2.05, 4.69) is 19.6 Å². The van der Waals surface area contributed by atoms with Gasteiger partial charge in [0.25, 0.3) is 16.0 Å². The lowest BCUT2D eigenvalue weighted by molar-refractivity contribution is 0.170. The SMILES string of the molecule is Cc1ccc2nc(N3CCC(Oc4ccccc4NS(=O)(=O)c4ccccn4)CC3)oc2c1. The Hall–Kier alpha value is -3.59. The zero-order chi connectivity index (χ0) is 22.8. The first-order valence-corrected chi connectivity index (χ1v) is 12.3. The Bertz CT molecular complexity index is 1360. The molecule has 0 bridgehead atoms. The largest absolute Gasteiger partial charge is 0.488 e. The van der Waals surface area contributed by atoms with Gasteiger partial charge in [0.1, 0.15) is 17.4 Å². The maximum Gasteiger partial charge on any atom is 0.298 e. The highest BCUT2D eigenvalue weighted by atomic mass is 32.2. The number of nitrogens with zero attached hydrogens (tertiary/aromatic N) is 3. The van der Waals surface area contributed by atoms with Gasteiger partial charge in [0.2, 0.25) is 0 Å². The molecular weight excluding hydrogens is 440 g/mol. The van der Waals surface area contributed by atoms with Crippen LogP contribution in [-0.4, -0.2) is 37.6 Å². The summed E-state index contributed by atoms with van der Waals surface area (Å²) in [5.41, 5.74) is 3.16. The van der Waals surface area contributed by atoms with Crippen LogP contribution in [-0.2, 0) is 10.0 Å². The summed E-state index contributed by atoms with van der Waals surface area (Å²) in [6, 6.07) is 18.4. The second kappa shape index (κ2) is 8.74. The van der Waals surface area contributed by atoms with Crippen molar-refractivity contribution in [3.8, 4) is 5.75 Å². The molecule has 0 amide bonds. The number of pyridine rings is 1. The number of sulfonamides is 1. The molecule has 9 heteroatoms. The highest BCUT2D eigenvalue weighted by molar-refractivity contribution is 7.92. The number of aromatic nitrogens is 2. The normalized spacial score (nSPS) is 15.0. The predicted molar refractivity (Wildman–Crippen MR) is 126 cm³/mol. The van der Waals surface area contributed by atoms with Crippen LogP contribution in [0.1, 0.15) is 18.4 Å². The van der Waals surface area contributed by atoms with Gasteiger partial charge < -0.3 is 14.1 Å². The molecule has 1 aliphatic rings. The number of nitrogens with one attached hydrogen (secondary N) is 1. The van der Waals surface area contributed by atoms with Crippen LogP contribution in [0.15, 0.2) is 76.3 Å². The summed E-state index contributed by atoms with van der Waals surface area (Å²) >= 11 is 0. The summed E-state index contributed by atoms with van der Waals surface area (Å²) in [5.74, 6) is 0.493. The smallest absolute Gasteiger partial charge is 0.298 e. The van der Waals surface area contributed by atoms with E-state index in [-0.39, 0.29) is 11.1 Å². The summed E-state index contributed by atoms with van der Waals surface area (Å²) in [7, 11) is -3.81. The molecule has 170 valence electrons. The number of aryl methyl sites for hydroxylation is 1. The lowest BCUT2D eigenvalue weighted by Crippen LogP contribution is -2.38. The zero-order valence-electron chi connectivity index (χ0n) is 18.1. The van der Waals surface area contributed by atoms with Gasteiger partial charge in [0.15, 0.2) is 10.6 Å². The fraction of sp³-hybridized carbons (Fsp3) is 0.250. The molecule has 0 atom stereocenters. The van der Waals surface area contributed by atoms with Gasteiger partial charge in [-0.1, -0.05) is 24.3 Å². The molecule has 8 nitrogen and oxygen atoms in total. The van der Waals surface area contributed by atoms with Crippen molar-refractivity contribution >= 4 is 32.8 Å². The van der Waals surface area contributed by atoms with E-state index in [0.29, 0.717) is 17.5 Å². The van der Waals surface area contributed by atoms with Crippen molar-refractivity contribution in [1.29, 1.82) is 0 Å². The van der Waals surface area contributed by atoms with Gasteiger partial charge in [-0.25, -0.2) is 4.98 Å². The fourth-order valence-corrected chi connectivity index (χ4v) is 4.88. The lowest BCUT2D eigenvalue weighted by atomic mass is 10.1. The quantitative estimate of drug-likeness (QED) is 0.452. The van der Waals surface area contributed by atoms with E-state index in [0.717, 1.165) is 42.6 Å². The Balaban J connectivity index is 1.25. The van der Waals surface area contributed by atoms with Crippen LogP contribution in [0.25, 0.3) is 11.1 Å². The van der Waals surface area contributed by atoms with Crippen molar-refractivity contribution in [3.63, 3.8) is 0 Å². The van der Waals surface area contributed by atoms with E-state index < -0.39 is 10.0 Å². The van der Waals surface area contributed by atoms with Crippen LogP contribution in [0, 0.1) is 6.92 Å². The zero-order valence-corrected chi connectivity index (χ0v) is 19.0. The van der Waals surface area contributed by atoms with E-state index in [1.807, 2.05) is 31.2 Å². The van der Waals surface area contributed by atoms with Crippen molar-refractivity contribution in [2.24, 2.45) is 0 Å². The van der Waals surface area contributed by atoms with E-state index in [1.54, 1.807) is 30.3 Å². The number of benzene rings is 2. The Morgan fingerprint density at radius 3 is 2.64 bits per heavy atom. The first-order chi connectivity index (χ1) is 16.0. The van der Waals surface area contributed by atoms with Crippen LogP contribution in [0.3, 0.4) is 0 Å². The average Bonchev–Trinajstić information content (AvgIpc) is 3.24. The Morgan fingerprint density at radius 2 is 1.85 bits per heavy atom. The molecule has 5 rings (SSSR count). The number of oxazole rings is 1. The maximum atomic E-state index is 12.7. The molecule has 0 spiro atoms.